The highest BCUT2D eigenvalue weighted by Gasteiger charge is 2.05. The summed E-state index contributed by atoms with van der Waals surface area (Å²) in [5, 5.41) is 6.77. The summed E-state index contributed by atoms with van der Waals surface area (Å²) in [6.07, 6.45) is 0. The van der Waals surface area contributed by atoms with Crippen molar-refractivity contribution in [1.82, 2.24) is 15.1 Å². The second-order valence-corrected chi connectivity index (χ2v) is 4.60. The number of nitrogens with one attached hydrogen (secondary N) is 1. The predicted octanol–water partition coefficient (Wildman–Crippen LogP) is 0.877. The maximum absolute atomic E-state index is 11.8. The van der Waals surface area contributed by atoms with Gasteiger partial charge in [-0.1, -0.05) is 12.1 Å². The van der Waals surface area contributed by atoms with Crippen molar-refractivity contribution in [3.63, 3.8) is 0 Å². The molecule has 6 nitrogen and oxygen atoms in total. The Morgan fingerprint density at radius 2 is 1.95 bits per heavy atom. The van der Waals surface area contributed by atoms with Crippen LogP contribution in [-0.4, -0.2) is 22.8 Å². The Labute approximate surface area is 122 Å². The number of methoxy groups -OCH3 is 1. The van der Waals surface area contributed by atoms with Gasteiger partial charge in [-0.05, 0) is 30.7 Å². The number of nitrogens with zero attached hydrogens (tertiary/aromatic N) is 2. The van der Waals surface area contributed by atoms with E-state index in [2.05, 4.69) is 10.4 Å². The van der Waals surface area contributed by atoms with Crippen LogP contribution >= 0.6 is 0 Å². The van der Waals surface area contributed by atoms with Crippen LogP contribution in [0.4, 0.5) is 0 Å². The third kappa shape index (κ3) is 4.17. The van der Waals surface area contributed by atoms with Crippen molar-refractivity contribution in [3.8, 4) is 5.75 Å². The molecule has 0 radical (unpaired) electrons. The number of hydrogen-bond donors (Lipinski definition) is 1. The standard InChI is InChI=1S/C15H17N3O3/c1-11-3-8-15(20)18(17-11)10-14(19)16-9-12-4-6-13(21-2)7-5-12/h3-8H,9-10H2,1-2H3,(H,16,19). The fourth-order valence-corrected chi connectivity index (χ4v) is 1.80. The molecule has 6 heteroatoms. The minimum absolute atomic E-state index is 0.0866. The molecular weight excluding hydrogens is 270 g/mol. The molecule has 0 aliphatic carbocycles. The molecule has 0 spiro atoms. The first-order chi connectivity index (χ1) is 10.1. The van der Waals surface area contributed by atoms with Crippen LogP contribution in [0.5, 0.6) is 5.75 Å². The van der Waals surface area contributed by atoms with Crippen LogP contribution in [0.15, 0.2) is 41.2 Å². The van der Waals surface area contributed by atoms with E-state index in [4.69, 9.17) is 4.74 Å². The second kappa shape index (κ2) is 6.69. The smallest absolute Gasteiger partial charge is 0.267 e. The van der Waals surface area contributed by atoms with Crippen LogP contribution in [0.1, 0.15) is 11.3 Å². The molecule has 0 bridgehead atoms. The largest absolute Gasteiger partial charge is 0.497 e. The van der Waals surface area contributed by atoms with Crippen molar-refractivity contribution in [2.45, 2.75) is 20.0 Å². The number of benzene rings is 1. The van der Waals surface area contributed by atoms with E-state index in [1.165, 1.54) is 6.07 Å². The predicted molar refractivity (Wildman–Crippen MR) is 78.1 cm³/mol. The SMILES string of the molecule is COc1ccc(CNC(=O)Cn2nc(C)ccc2=O)cc1. The molecule has 1 N–H and O–H groups in total. The molecule has 0 saturated carbocycles. The maximum atomic E-state index is 11.8. The van der Waals surface area contributed by atoms with E-state index in [1.807, 2.05) is 24.3 Å². The third-order valence-corrected chi connectivity index (χ3v) is 2.94. The van der Waals surface area contributed by atoms with Gasteiger partial charge in [0.05, 0.1) is 12.8 Å². The molecule has 110 valence electrons. The highest BCUT2D eigenvalue weighted by atomic mass is 16.5. The van der Waals surface area contributed by atoms with E-state index < -0.39 is 0 Å². The number of rotatable bonds is 5. The lowest BCUT2D eigenvalue weighted by molar-refractivity contribution is -0.122. The lowest BCUT2D eigenvalue weighted by Gasteiger charge is -2.07. The van der Waals surface area contributed by atoms with Crippen molar-refractivity contribution in [2.24, 2.45) is 0 Å². The van der Waals surface area contributed by atoms with Crippen molar-refractivity contribution in [1.29, 1.82) is 0 Å². The van der Waals surface area contributed by atoms with E-state index in [0.717, 1.165) is 16.0 Å². The Morgan fingerprint density at radius 1 is 1.24 bits per heavy atom. The number of carbonyl (C=O) groups is 1. The average molecular weight is 287 g/mol. The number of amides is 1. The third-order valence-electron chi connectivity index (χ3n) is 2.94. The van der Waals surface area contributed by atoms with E-state index in [-0.39, 0.29) is 18.0 Å². The van der Waals surface area contributed by atoms with Crippen LogP contribution in [-0.2, 0) is 17.9 Å². The van der Waals surface area contributed by atoms with Crippen LogP contribution < -0.4 is 15.6 Å². The zero-order chi connectivity index (χ0) is 15.2. The highest BCUT2D eigenvalue weighted by molar-refractivity contribution is 5.75. The van der Waals surface area contributed by atoms with Gasteiger partial charge in [0.1, 0.15) is 12.3 Å². The van der Waals surface area contributed by atoms with E-state index >= 15 is 0 Å². The van der Waals surface area contributed by atoms with E-state index in [1.54, 1.807) is 20.1 Å². The molecule has 0 aliphatic rings. The Kier molecular flexibility index (Phi) is 4.71. The fraction of sp³-hybridized carbons (Fsp3) is 0.267. The molecule has 0 saturated heterocycles. The second-order valence-electron chi connectivity index (χ2n) is 4.60. The summed E-state index contributed by atoms with van der Waals surface area (Å²) in [5.74, 6) is 0.506. The molecule has 0 atom stereocenters. The minimum atomic E-state index is -0.291. The van der Waals surface area contributed by atoms with Gasteiger partial charge in [0, 0.05) is 12.6 Å². The number of ether oxygens (including phenoxy) is 1. The molecule has 2 aromatic rings. The Bertz CT molecular complexity index is 677. The molecular formula is C15H17N3O3. The summed E-state index contributed by atoms with van der Waals surface area (Å²) in [5.41, 5.74) is 1.35. The van der Waals surface area contributed by atoms with Crippen molar-refractivity contribution in [2.75, 3.05) is 7.11 Å². The van der Waals surface area contributed by atoms with Crippen LogP contribution in [0.2, 0.25) is 0 Å². The van der Waals surface area contributed by atoms with Gasteiger partial charge in [-0.15, -0.1) is 0 Å². The summed E-state index contributed by atoms with van der Waals surface area (Å²) in [6, 6.07) is 10.4. The first-order valence-corrected chi connectivity index (χ1v) is 6.53. The Balaban J connectivity index is 1.92. The summed E-state index contributed by atoms with van der Waals surface area (Å²) >= 11 is 0. The maximum Gasteiger partial charge on any atom is 0.267 e. The van der Waals surface area contributed by atoms with Gasteiger partial charge in [0.25, 0.3) is 5.56 Å². The summed E-state index contributed by atoms with van der Waals surface area (Å²) in [4.78, 5) is 23.4. The molecule has 1 aromatic carbocycles. The van der Waals surface area contributed by atoms with Crippen molar-refractivity contribution in [3.05, 3.63) is 58.0 Å². The molecule has 21 heavy (non-hydrogen) atoms. The number of aryl methyl sites for hydroxylation is 1. The lowest BCUT2D eigenvalue weighted by atomic mass is 10.2. The molecule has 1 aromatic heterocycles. The van der Waals surface area contributed by atoms with Gasteiger partial charge in [-0.25, -0.2) is 4.68 Å². The first kappa shape index (κ1) is 14.8. The normalized spacial score (nSPS) is 10.2. The molecule has 2 rings (SSSR count). The van der Waals surface area contributed by atoms with E-state index in [0.29, 0.717) is 12.2 Å². The molecule has 1 heterocycles. The zero-order valence-corrected chi connectivity index (χ0v) is 12.0. The van der Waals surface area contributed by atoms with Gasteiger partial charge >= 0.3 is 0 Å². The summed E-state index contributed by atoms with van der Waals surface area (Å²) in [7, 11) is 1.60. The van der Waals surface area contributed by atoms with Gasteiger partial charge < -0.3 is 10.1 Å². The van der Waals surface area contributed by atoms with Crippen molar-refractivity contribution < 1.29 is 9.53 Å². The number of carbonyl (C=O) groups excluding carboxylic acids is 1. The first-order valence-electron chi connectivity index (χ1n) is 6.53. The lowest BCUT2D eigenvalue weighted by Crippen LogP contribution is -2.33. The highest BCUT2D eigenvalue weighted by Crippen LogP contribution is 2.10. The number of hydrogen-bond acceptors (Lipinski definition) is 4. The summed E-state index contributed by atoms with van der Waals surface area (Å²) in [6.45, 7) is 2.07. The number of aromatic nitrogens is 2. The van der Waals surface area contributed by atoms with Crippen LogP contribution in [0.3, 0.4) is 0 Å². The van der Waals surface area contributed by atoms with Gasteiger partial charge in [-0.2, -0.15) is 5.10 Å². The van der Waals surface area contributed by atoms with Gasteiger partial charge in [0.15, 0.2) is 0 Å². The van der Waals surface area contributed by atoms with E-state index in [9.17, 15) is 9.59 Å². The Hall–Kier alpha value is -2.63. The molecule has 0 unspecified atom stereocenters. The van der Waals surface area contributed by atoms with Crippen LogP contribution in [0.25, 0.3) is 0 Å². The zero-order valence-electron chi connectivity index (χ0n) is 12.0. The monoisotopic (exact) mass is 287 g/mol. The fourth-order valence-electron chi connectivity index (χ4n) is 1.80. The molecule has 0 fully saturated rings. The van der Waals surface area contributed by atoms with Crippen LogP contribution in [0, 0.1) is 6.92 Å². The topological polar surface area (TPSA) is 73.2 Å². The van der Waals surface area contributed by atoms with Gasteiger partial charge in [0.2, 0.25) is 5.91 Å². The average Bonchev–Trinajstić information content (AvgIpc) is 2.49. The molecule has 1 amide bonds. The quantitative estimate of drug-likeness (QED) is 0.886. The summed E-state index contributed by atoms with van der Waals surface area (Å²) < 4.78 is 6.22. The van der Waals surface area contributed by atoms with Gasteiger partial charge in [-0.3, -0.25) is 9.59 Å². The van der Waals surface area contributed by atoms with Crippen molar-refractivity contribution >= 4 is 5.91 Å². The molecule has 0 aliphatic heterocycles. The minimum Gasteiger partial charge on any atom is -0.497 e. The Morgan fingerprint density at radius 3 is 2.62 bits per heavy atom.